The molecule has 2 aromatic carbocycles. The van der Waals surface area contributed by atoms with Gasteiger partial charge >= 0.3 is 0 Å². The van der Waals surface area contributed by atoms with Crippen molar-refractivity contribution >= 4 is 23.4 Å². The van der Waals surface area contributed by atoms with E-state index in [1.807, 2.05) is 55.5 Å². The topological polar surface area (TPSA) is 58.4 Å². The molecule has 6 nitrogen and oxygen atoms in total. The number of hydrogen-bond acceptors (Lipinski definition) is 6. The van der Waals surface area contributed by atoms with Gasteiger partial charge in [-0.25, -0.2) is 0 Å². The summed E-state index contributed by atoms with van der Waals surface area (Å²) < 4.78 is 19.2. The molecule has 0 aliphatic heterocycles. The highest BCUT2D eigenvalue weighted by atomic mass is 35.5. The summed E-state index contributed by atoms with van der Waals surface area (Å²) in [6.07, 6.45) is -0.258. The molecule has 3 rings (SSSR count). The second-order valence-corrected chi connectivity index (χ2v) is 8.39. The van der Waals surface area contributed by atoms with E-state index in [0.717, 1.165) is 34.0 Å². The third-order valence-electron chi connectivity index (χ3n) is 4.32. The maximum atomic E-state index is 6.09. The zero-order chi connectivity index (χ0) is 21.5. The standard InChI is InChI=1S/C22H26ClN3O3S/c1-15(2)26-21(16(3)29-20-7-5-6-19(14-20)27-4)24-25-22(26)30-13-12-28-18-10-8-17(23)9-11-18/h5-11,14-16H,12-13H2,1-4H3. The first kappa shape index (κ1) is 22.3. The molecule has 0 spiro atoms. The highest BCUT2D eigenvalue weighted by Gasteiger charge is 2.21. The largest absolute Gasteiger partial charge is 0.497 e. The Morgan fingerprint density at radius 2 is 1.73 bits per heavy atom. The lowest BCUT2D eigenvalue weighted by Crippen LogP contribution is -2.14. The normalized spacial score (nSPS) is 12.1. The Kier molecular flexibility index (Phi) is 7.87. The second kappa shape index (κ2) is 10.6. The Morgan fingerprint density at radius 1 is 1.00 bits per heavy atom. The quantitative estimate of drug-likeness (QED) is 0.288. The van der Waals surface area contributed by atoms with E-state index in [-0.39, 0.29) is 12.1 Å². The van der Waals surface area contributed by atoms with Gasteiger partial charge in [-0.05, 0) is 57.2 Å². The van der Waals surface area contributed by atoms with Gasteiger partial charge in [0.25, 0.3) is 0 Å². The molecule has 8 heteroatoms. The highest BCUT2D eigenvalue weighted by molar-refractivity contribution is 7.99. The van der Waals surface area contributed by atoms with E-state index in [9.17, 15) is 0 Å². The predicted molar refractivity (Wildman–Crippen MR) is 120 cm³/mol. The van der Waals surface area contributed by atoms with Crippen LogP contribution in [0.3, 0.4) is 0 Å². The highest BCUT2D eigenvalue weighted by Crippen LogP contribution is 2.29. The van der Waals surface area contributed by atoms with Crippen molar-refractivity contribution in [3.8, 4) is 17.2 Å². The maximum absolute atomic E-state index is 6.09. The minimum absolute atomic E-state index is 0.200. The molecule has 0 amide bonds. The smallest absolute Gasteiger partial charge is 0.191 e. The molecule has 0 aliphatic carbocycles. The summed E-state index contributed by atoms with van der Waals surface area (Å²) in [6.45, 7) is 6.75. The number of hydrogen-bond donors (Lipinski definition) is 0. The number of thioether (sulfide) groups is 1. The van der Waals surface area contributed by atoms with Gasteiger partial charge in [0.05, 0.1) is 13.7 Å². The van der Waals surface area contributed by atoms with Crippen molar-refractivity contribution in [2.75, 3.05) is 19.5 Å². The molecule has 0 fully saturated rings. The van der Waals surface area contributed by atoms with Crippen LogP contribution in [-0.2, 0) is 0 Å². The van der Waals surface area contributed by atoms with E-state index < -0.39 is 0 Å². The minimum atomic E-state index is -0.258. The zero-order valence-corrected chi connectivity index (χ0v) is 19.1. The summed E-state index contributed by atoms with van der Waals surface area (Å²) in [5.74, 6) is 3.81. The van der Waals surface area contributed by atoms with Gasteiger partial charge in [0, 0.05) is 22.9 Å². The van der Waals surface area contributed by atoms with Crippen LogP contribution in [0, 0.1) is 0 Å². The Morgan fingerprint density at radius 3 is 2.43 bits per heavy atom. The van der Waals surface area contributed by atoms with E-state index in [1.54, 1.807) is 18.9 Å². The van der Waals surface area contributed by atoms with Crippen molar-refractivity contribution in [1.82, 2.24) is 14.8 Å². The Hall–Kier alpha value is -2.38. The molecular weight excluding hydrogens is 422 g/mol. The van der Waals surface area contributed by atoms with E-state index in [2.05, 4.69) is 28.6 Å². The molecule has 1 aromatic heterocycles. The molecular formula is C22H26ClN3O3S. The fourth-order valence-corrected chi connectivity index (χ4v) is 3.92. The van der Waals surface area contributed by atoms with E-state index in [0.29, 0.717) is 11.6 Å². The summed E-state index contributed by atoms with van der Waals surface area (Å²) in [4.78, 5) is 0. The molecule has 1 unspecified atom stereocenters. The average Bonchev–Trinajstić information content (AvgIpc) is 3.17. The fraction of sp³-hybridized carbons (Fsp3) is 0.364. The first-order valence-electron chi connectivity index (χ1n) is 9.74. The molecule has 0 N–H and O–H groups in total. The molecule has 0 saturated carbocycles. The third kappa shape index (κ3) is 5.83. The fourth-order valence-electron chi connectivity index (χ4n) is 2.90. The lowest BCUT2D eigenvalue weighted by molar-refractivity contribution is 0.206. The van der Waals surface area contributed by atoms with Crippen molar-refractivity contribution < 1.29 is 14.2 Å². The van der Waals surface area contributed by atoms with E-state index in [4.69, 9.17) is 25.8 Å². The van der Waals surface area contributed by atoms with Gasteiger partial charge < -0.3 is 18.8 Å². The van der Waals surface area contributed by atoms with E-state index >= 15 is 0 Å². The number of ether oxygens (including phenoxy) is 3. The number of aromatic nitrogens is 3. The van der Waals surface area contributed by atoms with Crippen molar-refractivity contribution in [1.29, 1.82) is 0 Å². The van der Waals surface area contributed by atoms with Crippen molar-refractivity contribution in [3.05, 3.63) is 59.4 Å². The van der Waals surface area contributed by atoms with Crippen LogP contribution >= 0.6 is 23.4 Å². The van der Waals surface area contributed by atoms with Crippen LogP contribution in [0.5, 0.6) is 17.2 Å². The zero-order valence-electron chi connectivity index (χ0n) is 17.5. The van der Waals surface area contributed by atoms with Crippen molar-refractivity contribution in [2.45, 2.75) is 38.1 Å². The lowest BCUT2D eigenvalue weighted by Gasteiger charge is -2.19. The second-order valence-electron chi connectivity index (χ2n) is 6.89. The number of halogens is 1. The van der Waals surface area contributed by atoms with Gasteiger partial charge in [0.15, 0.2) is 17.1 Å². The summed E-state index contributed by atoms with van der Waals surface area (Å²) >= 11 is 7.51. The summed E-state index contributed by atoms with van der Waals surface area (Å²) in [5, 5.41) is 10.3. The van der Waals surface area contributed by atoms with Crippen LogP contribution in [0.2, 0.25) is 5.02 Å². The molecule has 160 valence electrons. The first-order valence-corrected chi connectivity index (χ1v) is 11.1. The third-order valence-corrected chi connectivity index (χ3v) is 5.48. The lowest BCUT2D eigenvalue weighted by atomic mass is 10.3. The average molecular weight is 448 g/mol. The van der Waals surface area contributed by atoms with Crippen LogP contribution in [0.1, 0.15) is 38.7 Å². The van der Waals surface area contributed by atoms with Gasteiger partial charge in [-0.3, -0.25) is 0 Å². The summed E-state index contributed by atoms with van der Waals surface area (Å²) in [7, 11) is 1.64. The van der Waals surface area contributed by atoms with Gasteiger partial charge in [-0.1, -0.05) is 29.4 Å². The molecule has 0 bridgehead atoms. The first-order chi connectivity index (χ1) is 14.5. The molecule has 1 heterocycles. The molecule has 30 heavy (non-hydrogen) atoms. The van der Waals surface area contributed by atoms with Crippen LogP contribution in [0.15, 0.2) is 53.7 Å². The monoisotopic (exact) mass is 447 g/mol. The SMILES string of the molecule is COc1cccc(OC(C)c2nnc(SCCOc3ccc(Cl)cc3)n2C(C)C)c1. The Bertz CT molecular complexity index is 947. The maximum Gasteiger partial charge on any atom is 0.191 e. The van der Waals surface area contributed by atoms with Gasteiger partial charge in [-0.2, -0.15) is 0 Å². The number of rotatable bonds is 10. The Labute approximate surface area is 186 Å². The summed E-state index contributed by atoms with van der Waals surface area (Å²) in [6, 6.07) is 15.1. The van der Waals surface area contributed by atoms with Crippen LogP contribution in [-0.4, -0.2) is 34.2 Å². The minimum Gasteiger partial charge on any atom is -0.497 e. The van der Waals surface area contributed by atoms with E-state index in [1.165, 1.54) is 0 Å². The van der Waals surface area contributed by atoms with Crippen molar-refractivity contribution in [3.63, 3.8) is 0 Å². The predicted octanol–water partition coefficient (Wildman–Crippen LogP) is 5.83. The number of nitrogens with zero attached hydrogens (tertiary/aromatic N) is 3. The molecule has 3 aromatic rings. The molecule has 0 radical (unpaired) electrons. The molecule has 0 aliphatic rings. The number of benzene rings is 2. The number of methoxy groups -OCH3 is 1. The Balaban J connectivity index is 1.62. The van der Waals surface area contributed by atoms with Crippen LogP contribution in [0.4, 0.5) is 0 Å². The summed E-state index contributed by atoms with van der Waals surface area (Å²) in [5.41, 5.74) is 0. The van der Waals surface area contributed by atoms with Gasteiger partial charge in [0.2, 0.25) is 0 Å². The van der Waals surface area contributed by atoms with Gasteiger partial charge in [-0.15, -0.1) is 10.2 Å². The molecule has 0 saturated heterocycles. The van der Waals surface area contributed by atoms with Crippen LogP contribution < -0.4 is 14.2 Å². The molecule has 1 atom stereocenters. The van der Waals surface area contributed by atoms with Gasteiger partial charge in [0.1, 0.15) is 17.2 Å². The van der Waals surface area contributed by atoms with Crippen molar-refractivity contribution in [2.24, 2.45) is 0 Å². The van der Waals surface area contributed by atoms with Crippen LogP contribution in [0.25, 0.3) is 0 Å².